The summed E-state index contributed by atoms with van der Waals surface area (Å²) >= 11 is 0. The van der Waals surface area contributed by atoms with Crippen LogP contribution in [0.5, 0.6) is 0 Å². The predicted molar refractivity (Wildman–Crippen MR) is 6.73 cm³/mol. The smallest absolute Gasteiger partial charge is 0 e. The molecule has 0 atom stereocenters. The number of hydrogen-bond donors (Lipinski definition) is 0. The molecule has 0 bridgehead atoms. The molecular weight excluding hydrogens is 267 g/mol. The first kappa shape index (κ1) is 54.2. The van der Waals surface area contributed by atoms with Crippen LogP contribution >= 0.6 is 0 Å². The van der Waals surface area contributed by atoms with Gasteiger partial charge in [0, 0.05) is 74.1 Å². The van der Waals surface area contributed by atoms with Gasteiger partial charge in [0.2, 0.25) is 0 Å². The van der Waals surface area contributed by atoms with E-state index in [1.54, 1.807) is 0 Å². The van der Waals surface area contributed by atoms with Crippen molar-refractivity contribution in [1.82, 2.24) is 0 Å². The fourth-order valence-electron chi connectivity index (χ4n) is 0. The second-order valence-corrected chi connectivity index (χ2v) is 0. The number of rotatable bonds is 0. The Balaban J connectivity index is 0. The van der Waals surface area contributed by atoms with Crippen molar-refractivity contribution in [3.8, 4) is 0 Å². The van der Waals surface area contributed by atoms with Gasteiger partial charge >= 0.3 is 0 Å². The van der Waals surface area contributed by atoms with E-state index in [2.05, 4.69) is 0 Å². The SMILES string of the molecule is C.[Cr].[Fe].[Mo].[V]. The van der Waals surface area contributed by atoms with E-state index >= 15 is 0 Å². The Hall–Kier alpha value is 2.32. The molecule has 33 valence electrons. The molecule has 0 aliphatic heterocycles. The summed E-state index contributed by atoms with van der Waals surface area (Å²) in [7, 11) is 0. The van der Waals surface area contributed by atoms with Gasteiger partial charge in [0.25, 0.3) is 0 Å². The van der Waals surface area contributed by atoms with Gasteiger partial charge in [0.05, 0.1) is 0 Å². The van der Waals surface area contributed by atoms with Gasteiger partial charge in [0.15, 0.2) is 0 Å². The monoisotopic (exact) mass is 273 g/mol. The van der Waals surface area contributed by atoms with Crippen molar-refractivity contribution in [2.45, 2.75) is 7.43 Å². The van der Waals surface area contributed by atoms with Crippen molar-refractivity contribution < 1.29 is 74.1 Å². The standard InChI is InChI=1S/CH4.Cr.Fe.Mo.V/h1H4;;;;. The van der Waals surface area contributed by atoms with Gasteiger partial charge in [-0.05, 0) is 0 Å². The zero-order valence-corrected chi connectivity index (χ0v) is 7.40. The average Bonchev–Trinajstić information content (AvgIpc) is 0. The minimum absolute atomic E-state index is 0. The minimum Gasteiger partial charge on any atom is -0.0776 e. The second kappa shape index (κ2) is 33.2. The normalized spacial score (nSPS) is 0. The Morgan fingerprint density at radius 3 is 1.00 bits per heavy atom. The van der Waals surface area contributed by atoms with Crippen LogP contribution in [0.1, 0.15) is 7.43 Å². The Bertz CT molecular complexity index is 11.6. The van der Waals surface area contributed by atoms with Gasteiger partial charge < -0.3 is 0 Å². The molecule has 0 aromatic heterocycles. The van der Waals surface area contributed by atoms with Crippen molar-refractivity contribution in [3.63, 3.8) is 0 Å². The predicted octanol–water partition coefficient (Wildman–Crippen LogP) is 0.626. The summed E-state index contributed by atoms with van der Waals surface area (Å²) in [5, 5.41) is 0. The van der Waals surface area contributed by atoms with E-state index in [1.165, 1.54) is 0 Å². The van der Waals surface area contributed by atoms with Crippen LogP contribution in [0.15, 0.2) is 0 Å². The number of hydrogen-bond acceptors (Lipinski definition) is 0. The summed E-state index contributed by atoms with van der Waals surface area (Å²) in [4.78, 5) is 0. The molecule has 0 saturated carbocycles. The van der Waals surface area contributed by atoms with E-state index in [-0.39, 0.29) is 81.5 Å². The fourth-order valence-corrected chi connectivity index (χ4v) is 0. The van der Waals surface area contributed by atoms with Crippen LogP contribution in [0.3, 0.4) is 0 Å². The molecule has 0 spiro atoms. The van der Waals surface area contributed by atoms with Crippen LogP contribution in [0.4, 0.5) is 0 Å². The van der Waals surface area contributed by atoms with Crippen molar-refractivity contribution in [2.24, 2.45) is 0 Å². The molecule has 0 amide bonds. The molecule has 5 heavy (non-hydrogen) atoms. The van der Waals surface area contributed by atoms with Crippen LogP contribution < -0.4 is 0 Å². The quantitative estimate of drug-likeness (QED) is 0.567. The third kappa shape index (κ3) is 21.9. The van der Waals surface area contributed by atoms with Gasteiger partial charge in [-0.1, -0.05) is 7.43 Å². The van der Waals surface area contributed by atoms with Crippen molar-refractivity contribution in [3.05, 3.63) is 0 Å². The van der Waals surface area contributed by atoms with Crippen LogP contribution in [-0.2, 0) is 74.1 Å². The second-order valence-electron chi connectivity index (χ2n) is 0. The molecule has 0 saturated heterocycles. The van der Waals surface area contributed by atoms with Crippen LogP contribution in [0.2, 0.25) is 0 Å². The maximum absolute atomic E-state index is 0. The summed E-state index contributed by atoms with van der Waals surface area (Å²) in [5.41, 5.74) is 0. The zero-order valence-electron chi connectivity index (χ0n) is 1.62. The third-order valence-electron chi connectivity index (χ3n) is 0. The van der Waals surface area contributed by atoms with E-state index in [0.717, 1.165) is 0 Å². The summed E-state index contributed by atoms with van der Waals surface area (Å²) in [5.74, 6) is 0. The summed E-state index contributed by atoms with van der Waals surface area (Å²) in [6.45, 7) is 0. The first-order valence-corrected chi connectivity index (χ1v) is 0. The van der Waals surface area contributed by atoms with Crippen LogP contribution in [0, 0.1) is 0 Å². The molecule has 1 radical (unpaired) electrons. The molecule has 0 heterocycles. The molecule has 0 aromatic carbocycles. The molecule has 0 N–H and O–H groups in total. The van der Waals surface area contributed by atoms with Crippen molar-refractivity contribution in [2.75, 3.05) is 0 Å². The summed E-state index contributed by atoms with van der Waals surface area (Å²) in [6, 6.07) is 0. The molecule has 4 heteroatoms. The minimum atomic E-state index is 0. The van der Waals surface area contributed by atoms with E-state index in [9.17, 15) is 0 Å². The topological polar surface area (TPSA) is 0 Å². The Morgan fingerprint density at radius 1 is 1.00 bits per heavy atom. The molecule has 0 aromatic rings. The Kier molecular flexibility index (Phi) is 360. The van der Waals surface area contributed by atoms with Gasteiger partial charge in [-0.3, -0.25) is 0 Å². The van der Waals surface area contributed by atoms with Gasteiger partial charge in [-0.25, -0.2) is 0 Å². The largest absolute Gasteiger partial charge is 0.0776 e. The molecular formula is CH4CrFeMoV. The van der Waals surface area contributed by atoms with E-state index in [0.29, 0.717) is 0 Å². The molecule has 0 aliphatic rings. The molecule has 0 aliphatic carbocycles. The molecule has 0 nitrogen and oxygen atoms in total. The van der Waals surface area contributed by atoms with Crippen molar-refractivity contribution in [1.29, 1.82) is 0 Å². The van der Waals surface area contributed by atoms with E-state index in [1.807, 2.05) is 0 Å². The molecule has 0 rings (SSSR count). The fraction of sp³-hybridized carbons (Fsp3) is 1.00. The van der Waals surface area contributed by atoms with Gasteiger partial charge in [0.1, 0.15) is 0 Å². The Morgan fingerprint density at radius 2 is 1.00 bits per heavy atom. The Labute approximate surface area is 80.6 Å². The molecule has 0 unspecified atom stereocenters. The maximum atomic E-state index is 0. The maximum Gasteiger partial charge on any atom is 0 e. The van der Waals surface area contributed by atoms with Crippen LogP contribution in [0.25, 0.3) is 0 Å². The third-order valence-corrected chi connectivity index (χ3v) is 0. The first-order chi connectivity index (χ1) is 0. The summed E-state index contributed by atoms with van der Waals surface area (Å²) < 4.78 is 0. The summed E-state index contributed by atoms with van der Waals surface area (Å²) in [6.07, 6.45) is 0. The van der Waals surface area contributed by atoms with E-state index in [4.69, 9.17) is 0 Å². The van der Waals surface area contributed by atoms with E-state index < -0.39 is 0 Å². The van der Waals surface area contributed by atoms with Gasteiger partial charge in [-0.2, -0.15) is 0 Å². The van der Waals surface area contributed by atoms with Crippen molar-refractivity contribution >= 4 is 0 Å². The zero-order chi connectivity index (χ0) is 0. The molecule has 0 fully saturated rings. The van der Waals surface area contributed by atoms with Crippen LogP contribution in [-0.4, -0.2) is 0 Å². The average molecular weight is 271 g/mol. The van der Waals surface area contributed by atoms with Gasteiger partial charge in [-0.15, -0.1) is 0 Å². The first-order valence-electron chi connectivity index (χ1n) is 0.